The number of amides is 2. The van der Waals surface area contributed by atoms with Gasteiger partial charge in [-0.2, -0.15) is 5.10 Å². The molecule has 29 heavy (non-hydrogen) atoms. The van der Waals surface area contributed by atoms with Gasteiger partial charge in [0, 0.05) is 36.9 Å². The lowest BCUT2D eigenvalue weighted by Gasteiger charge is -2.42. The molecule has 0 unspecified atom stereocenters. The number of hydrogen-bond donors (Lipinski definition) is 3. The molecule has 4 rings (SSSR count). The van der Waals surface area contributed by atoms with Crippen LogP contribution in [-0.4, -0.2) is 61.9 Å². The number of anilines is 1. The van der Waals surface area contributed by atoms with Crippen molar-refractivity contribution in [1.82, 2.24) is 25.0 Å². The summed E-state index contributed by atoms with van der Waals surface area (Å²) in [6, 6.07) is 7.44. The maximum Gasteiger partial charge on any atom is 0.319 e. The summed E-state index contributed by atoms with van der Waals surface area (Å²) in [7, 11) is 1.81. The van der Waals surface area contributed by atoms with Gasteiger partial charge in [0.05, 0.1) is 6.54 Å². The van der Waals surface area contributed by atoms with Crippen LogP contribution in [0.15, 0.2) is 30.6 Å². The fraction of sp³-hybridized carbons (Fsp3) is 0.500. The van der Waals surface area contributed by atoms with Crippen LogP contribution in [0.4, 0.5) is 10.5 Å². The average Bonchev–Trinajstić information content (AvgIpc) is 3.34. The number of rotatable bonds is 8. The molecule has 0 radical (unpaired) electrons. The van der Waals surface area contributed by atoms with E-state index >= 15 is 0 Å². The highest BCUT2D eigenvalue weighted by Gasteiger charge is 2.37. The SMILES string of the molecule is Cn1cnc(-c2cccc(NC(=O)NC3CC(N(CC(=O)O)CC4CC4)C3)c2)n1. The molecule has 2 aromatic rings. The summed E-state index contributed by atoms with van der Waals surface area (Å²) in [6.45, 7) is 0.929. The highest BCUT2D eigenvalue weighted by Crippen LogP contribution is 2.33. The van der Waals surface area contributed by atoms with Crippen molar-refractivity contribution < 1.29 is 14.7 Å². The first-order chi connectivity index (χ1) is 14.0. The van der Waals surface area contributed by atoms with Crippen molar-refractivity contribution in [3.63, 3.8) is 0 Å². The molecule has 0 spiro atoms. The molecule has 3 N–H and O–H groups in total. The first kappa shape index (κ1) is 19.4. The van der Waals surface area contributed by atoms with Gasteiger partial charge >= 0.3 is 12.0 Å². The molecule has 1 aromatic heterocycles. The Kier molecular flexibility index (Phi) is 5.48. The Morgan fingerprint density at radius 2 is 2.10 bits per heavy atom. The van der Waals surface area contributed by atoms with Gasteiger partial charge in [0.25, 0.3) is 0 Å². The molecule has 2 aliphatic rings. The number of nitrogens with one attached hydrogen (secondary N) is 2. The Morgan fingerprint density at radius 1 is 1.31 bits per heavy atom. The topological polar surface area (TPSA) is 112 Å². The Labute approximate surface area is 169 Å². The fourth-order valence-corrected chi connectivity index (χ4v) is 3.71. The Balaban J connectivity index is 1.27. The molecule has 0 aliphatic heterocycles. The lowest BCUT2D eigenvalue weighted by molar-refractivity contribution is -0.139. The summed E-state index contributed by atoms with van der Waals surface area (Å²) in [5.41, 5.74) is 1.50. The van der Waals surface area contributed by atoms with Gasteiger partial charge in [0.1, 0.15) is 6.33 Å². The van der Waals surface area contributed by atoms with Crippen molar-refractivity contribution >= 4 is 17.7 Å². The second kappa shape index (κ2) is 8.20. The minimum atomic E-state index is -0.790. The predicted octanol–water partition coefficient (Wildman–Crippen LogP) is 1.93. The number of nitrogens with zero attached hydrogens (tertiary/aromatic N) is 4. The van der Waals surface area contributed by atoms with Crippen LogP contribution in [0.25, 0.3) is 11.4 Å². The van der Waals surface area contributed by atoms with Crippen LogP contribution in [0.1, 0.15) is 25.7 Å². The molecular weight excluding hydrogens is 372 g/mol. The molecule has 0 bridgehead atoms. The van der Waals surface area contributed by atoms with Gasteiger partial charge < -0.3 is 15.7 Å². The second-order valence-corrected chi connectivity index (χ2v) is 8.01. The van der Waals surface area contributed by atoms with Gasteiger partial charge in [-0.15, -0.1) is 0 Å². The summed E-state index contributed by atoms with van der Waals surface area (Å²) in [5.74, 6) is 0.459. The van der Waals surface area contributed by atoms with Crippen molar-refractivity contribution in [3.05, 3.63) is 30.6 Å². The number of aryl methyl sites for hydroxylation is 1. The molecule has 9 nitrogen and oxygen atoms in total. The number of hydrogen-bond acceptors (Lipinski definition) is 5. The van der Waals surface area contributed by atoms with E-state index in [4.69, 9.17) is 5.11 Å². The maximum atomic E-state index is 12.3. The molecule has 9 heteroatoms. The lowest BCUT2D eigenvalue weighted by Crippen LogP contribution is -2.55. The van der Waals surface area contributed by atoms with Crippen LogP contribution in [0.2, 0.25) is 0 Å². The Hall–Kier alpha value is -2.94. The molecule has 0 atom stereocenters. The van der Waals surface area contributed by atoms with Crippen LogP contribution in [0, 0.1) is 5.92 Å². The number of carbonyl (C=O) groups excluding carboxylic acids is 1. The first-order valence-corrected chi connectivity index (χ1v) is 9.95. The fourth-order valence-electron chi connectivity index (χ4n) is 3.71. The van der Waals surface area contributed by atoms with Gasteiger partial charge in [-0.3, -0.25) is 14.4 Å². The van der Waals surface area contributed by atoms with Crippen LogP contribution in [-0.2, 0) is 11.8 Å². The van der Waals surface area contributed by atoms with E-state index in [0.29, 0.717) is 17.4 Å². The van der Waals surface area contributed by atoms with Gasteiger partial charge in [-0.1, -0.05) is 12.1 Å². The molecule has 1 heterocycles. The summed E-state index contributed by atoms with van der Waals surface area (Å²) in [4.78, 5) is 29.7. The van der Waals surface area contributed by atoms with E-state index in [-0.39, 0.29) is 24.7 Å². The van der Waals surface area contributed by atoms with E-state index in [1.54, 1.807) is 18.1 Å². The maximum absolute atomic E-state index is 12.3. The number of carbonyl (C=O) groups is 2. The number of aliphatic carboxylic acids is 1. The largest absolute Gasteiger partial charge is 0.480 e. The van der Waals surface area contributed by atoms with Crippen molar-refractivity contribution in [2.75, 3.05) is 18.4 Å². The third kappa shape index (κ3) is 5.11. The standard InChI is InChI=1S/C20H26N6O3/c1-25-12-21-19(24-25)14-3-2-4-15(7-14)22-20(29)23-16-8-17(9-16)26(11-18(27)28)10-13-5-6-13/h2-4,7,12-13,16-17H,5-6,8-11H2,1H3,(H,27,28)(H2,22,23,29). The number of aromatic nitrogens is 3. The molecule has 2 aliphatic carbocycles. The molecular formula is C20H26N6O3. The van der Waals surface area contributed by atoms with E-state index in [9.17, 15) is 9.59 Å². The molecule has 2 saturated carbocycles. The molecule has 1 aromatic carbocycles. The van der Waals surface area contributed by atoms with E-state index in [2.05, 4.69) is 25.6 Å². The predicted molar refractivity (Wildman–Crippen MR) is 107 cm³/mol. The lowest BCUT2D eigenvalue weighted by atomic mass is 9.85. The summed E-state index contributed by atoms with van der Waals surface area (Å²) in [6.07, 6.45) is 5.59. The molecule has 0 saturated heterocycles. The molecule has 154 valence electrons. The van der Waals surface area contributed by atoms with E-state index in [1.807, 2.05) is 24.3 Å². The quantitative estimate of drug-likeness (QED) is 0.626. The average molecular weight is 398 g/mol. The summed E-state index contributed by atoms with van der Waals surface area (Å²) < 4.78 is 1.63. The van der Waals surface area contributed by atoms with Crippen molar-refractivity contribution in [3.8, 4) is 11.4 Å². The number of carboxylic acids is 1. The zero-order valence-corrected chi connectivity index (χ0v) is 16.4. The minimum Gasteiger partial charge on any atom is -0.480 e. The van der Waals surface area contributed by atoms with Crippen LogP contribution in [0.3, 0.4) is 0 Å². The zero-order valence-electron chi connectivity index (χ0n) is 16.4. The van der Waals surface area contributed by atoms with E-state index in [0.717, 1.165) is 24.9 Å². The Bertz CT molecular complexity index is 888. The van der Waals surface area contributed by atoms with Crippen LogP contribution < -0.4 is 10.6 Å². The molecule has 2 fully saturated rings. The van der Waals surface area contributed by atoms with Crippen molar-refractivity contribution in [2.45, 2.75) is 37.8 Å². The third-order valence-corrected chi connectivity index (χ3v) is 5.47. The second-order valence-electron chi connectivity index (χ2n) is 8.01. The normalized spacial score (nSPS) is 20.9. The number of urea groups is 1. The summed E-state index contributed by atoms with van der Waals surface area (Å²) >= 11 is 0. The number of benzene rings is 1. The van der Waals surface area contributed by atoms with Crippen molar-refractivity contribution in [2.24, 2.45) is 13.0 Å². The smallest absolute Gasteiger partial charge is 0.319 e. The minimum absolute atomic E-state index is 0.0659. The highest BCUT2D eigenvalue weighted by atomic mass is 16.4. The zero-order chi connectivity index (χ0) is 20.4. The van der Waals surface area contributed by atoms with E-state index < -0.39 is 5.97 Å². The van der Waals surface area contributed by atoms with Crippen LogP contribution in [0.5, 0.6) is 0 Å². The monoisotopic (exact) mass is 398 g/mol. The van der Waals surface area contributed by atoms with Gasteiger partial charge in [0.2, 0.25) is 0 Å². The third-order valence-electron chi connectivity index (χ3n) is 5.47. The van der Waals surface area contributed by atoms with Crippen LogP contribution >= 0.6 is 0 Å². The number of carboxylic acid groups (broad SMARTS) is 1. The molecule has 2 amide bonds. The van der Waals surface area contributed by atoms with Gasteiger partial charge in [-0.25, -0.2) is 9.78 Å². The first-order valence-electron chi connectivity index (χ1n) is 9.95. The highest BCUT2D eigenvalue weighted by molar-refractivity contribution is 5.90. The van der Waals surface area contributed by atoms with E-state index in [1.165, 1.54) is 12.8 Å². The van der Waals surface area contributed by atoms with Gasteiger partial charge in [-0.05, 0) is 43.7 Å². The van der Waals surface area contributed by atoms with Gasteiger partial charge in [0.15, 0.2) is 5.82 Å². The summed E-state index contributed by atoms with van der Waals surface area (Å²) in [5, 5.41) is 19.2. The van der Waals surface area contributed by atoms with Crippen molar-refractivity contribution in [1.29, 1.82) is 0 Å². The Morgan fingerprint density at radius 3 is 2.76 bits per heavy atom.